The van der Waals surface area contributed by atoms with E-state index < -0.39 is 17.3 Å². The molecule has 6 heteroatoms. The second-order valence-corrected chi connectivity index (χ2v) is 5.56. The van der Waals surface area contributed by atoms with Gasteiger partial charge in [-0.15, -0.1) is 0 Å². The maximum atomic E-state index is 12.9. The SMILES string of the molecule is CC(C)(C)NC(=O)CC(=O)Nc1ccc(F)c(Cl)c1. The largest absolute Gasteiger partial charge is 0.351 e. The predicted octanol–water partition coefficient (Wildman–Crippen LogP) is 2.72. The van der Waals surface area contributed by atoms with Gasteiger partial charge in [0.15, 0.2) is 0 Å². The Hall–Kier alpha value is -1.62. The Bertz CT molecular complexity index is 498. The Labute approximate surface area is 116 Å². The summed E-state index contributed by atoms with van der Waals surface area (Å²) < 4.78 is 12.9. The first-order valence-corrected chi connectivity index (χ1v) is 6.11. The number of halogens is 2. The van der Waals surface area contributed by atoms with E-state index in [9.17, 15) is 14.0 Å². The van der Waals surface area contributed by atoms with Crippen molar-refractivity contribution < 1.29 is 14.0 Å². The van der Waals surface area contributed by atoms with Crippen LogP contribution in [-0.2, 0) is 9.59 Å². The maximum absolute atomic E-state index is 12.9. The van der Waals surface area contributed by atoms with Crippen LogP contribution in [0.2, 0.25) is 5.02 Å². The molecule has 0 unspecified atom stereocenters. The van der Waals surface area contributed by atoms with Crippen LogP contribution in [0.15, 0.2) is 18.2 Å². The first-order chi connectivity index (χ1) is 8.67. The van der Waals surface area contributed by atoms with Crippen LogP contribution in [0.3, 0.4) is 0 Å². The van der Waals surface area contributed by atoms with Gasteiger partial charge in [0.25, 0.3) is 0 Å². The summed E-state index contributed by atoms with van der Waals surface area (Å²) in [5.74, 6) is -1.42. The molecule has 0 saturated carbocycles. The van der Waals surface area contributed by atoms with Gasteiger partial charge < -0.3 is 10.6 Å². The van der Waals surface area contributed by atoms with E-state index in [1.807, 2.05) is 20.8 Å². The van der Waals surface area contributed by atoms with Crippen molar-refractivity contribution in [2.24, 2.45) is 0 Å². The highest BCUT2D eigenvalue weighted by molar-refractivity contribution is 6.31. The van der Waals surface area contributed by atoms with E-state index in [1.165, 1.54) is 12.1 Å². The molecule has 0 heterocycles. The maximum Gasteiger partial charge on any atom is 0.233 e. The first kappa shape index (κ1) is 15.4. The molecule has 0 bridgehead atoms. The smallest absolute Gasteiger partial charge is 0.233 e. The minimum absolute atomic E-state index is 0.0862. The van der Waals surface area contributed by atoms with Crippen LogP contribution in [0, 0.1) is 5.82 Å². The van der Waals surface area contributed by atoms with Crippen molar-refractivity contribution in [2.45, 2.75) is 32.7 Å². The Morgan fingerprint density at radius 1 is 1.26 bits per heavy atom. The van der Waals surface area contributed by atoms with Crippen LogP contribution in [0.25, 0.3) is 0 Å². The van der Waals surface area contributed by atoms with E-state index in [0.29, 0.717) is 5.69 Å². The van der Waals surface area contributed by atoms with E-state index in [1.54, 1.807) is 0 Å². The van der Waals surface area contributed by atoms with Crippen molar-refractivity contribution in [1.82, 2.24) is 5.32 Å². The highest BCUT2D eigenvalue weighted by Crippen LogP contribution is 2.19. The van der Waals surface area contributed by atoms with Crippen LogP contribution in [-0.4, -0.2) is 17.4 Å². The molecule has 0 spiro atoms. The number of amides is 2. The molecule has 0 aliphatic carbocycles. The summed E-state index contributed by atoms with van der Waals surface area (Å²) in [5, 5.41) is 5.06. The fraction of sp³-hybridized carbons (Fsp3) is 0.385. The number of hydrogen-bond donors (Lipinski definition) is 2. The molecule has 0 aromatic heterocycles. The van der Waals surface area contributed by atoms with Crippen molar-refractivity contribution >= 4 is 29.1 Å². The fourth-order valence-corrected chi connectivity index (χ4v) is 1.57. The number of anilines is 1. The standard InChI is InChI=1S/C13H16ClFN2O2/c1-13(2,3)17-12(19)7-11(18)16-8-4-5-10(15)9(14)6-8/h4-6H,7H2,1-3H3,(H,16,18)(H,17,19). The van der Waals surface area contributed by atoms with Gasteiger partial charge in [0, 0.05) is 11.2 Å². The second-order valence-electron chi connectivity index (χ2n) is 5.15. The molecule has 0 fully saturated rings. The zero-order valence-corrected chi connectivity index (χ0v) is 11.8. The number of benzene rings is 1. The third kappa shape index (κ3) is 5.70. The molecule has 1 rings (SSSR count). The second kappa shape index (κ2) is 6.02. The zero-order valence-electron chi connectivity index (χ0n) is 11.0. The van der Waals surface area contributed by atoms with E-state index in [4.69, 9.17) is 11.6 Å². The van der Waals surface area contributed by atoms with Crippen LogP contribution >= 0.6 is 11.6 Å². The van der Waals surface area contributed by atoms with Gasteiger partial charge in [-0.05, 0) is 39.0 Å². The van der Waals surface area contributed by atoms with E-state index in [-0.39, 0.29) is 17.4 Å². The summed E-state index contributed by atoms with van der Waals surface area (Å²) in [6.45, 7) is 5.47. The summed E-state index contributed by atoms with van der Waals surface area (Å²) in [6.07, 6.45) is -0.299. The lowest BCUT2D eigenvalue weighted by atomic mass is 10.1. The highest BCUT2D eigenvalue weighted by Gasteiger charge is 2.16. The third-order valence-electron chi connectivity index (χ3n) is 2.04. The van der Waals surface area contributed by atoms with Crippen molar-refractivity contribution in [2.75, 3.05) is 5.32 Å². The summed E-state index contributed by atoms with van der Waals surface area (Å²) in [4.78, 5) is 23.1. The number of hydrogen-bond acceptors (Lipinski definition) is 2. The summed E-state index contributed by atoms with van der Waals surface area (Å²) in [6, 6.07) is 3.81. The summed E-state index contributed by atoms with van der Waals surface area (Å²) in [7, 11) is 0. The fourth-order valence-electron chi connectivity index (χ4n) is 1.39. The molecule has 1 aromatic carbocycles. The average Bonchev–Trinajstić information content (AvgIpc) is 2.20. The zero-order chi connectivity index (χ0) is 14.6. The van der Waals surface area contributed by atoms with Gasteiger partial charge in [0.05, 0.1) is 5.02 Å². The molecule has 0 saturated heterocycles. The van der Waals surface area contributed by atoms with Crippen LogP contribution in [0.4, 0.5) is 10.1 Å². The van der Waals surface area contributed by atoms with Gasteiger partial charge >= 0.3 is 0 Å². The Balaban J connectivity index is 2.56. The van der Waals surface area contributed by atoms with Crippen LogP contribution < -0.4 is 10.6 Å². The average molecular weight is 287 g/mol. The molecule has 2 amide bonds. The van der Waals surface area contributed by atoms with E-state index in [2.05, 4.69) is 10.6 Å². The molecule has 0 aliphatic heterocycles. The Morgan fingerprint density at radius 2 is 1.89 bits per heavy atom. The number of carbonyl (C=O) groups excluding carboxylic acids is 2. The minimum atomic E-state index is -0.565. The van der Waals surface area contributed by atoms with Gasteiger partial charge in [-0.3, -0.25) is 9.59 Å². The molecule has 0 aliphatic rings. The lowest BCUT2D eigenvalue weighted by Gasteiger charge is -2.20. The van der Waals surface area contributed by atoms with Gasteiger partial charge in [-0.2, -0.15) is 0 Å². The van der Waals surface area contributed by atoms with Crippen LogP contribution in [0.1, 0.15) is 27.2 Å². The molecule has 4 nitrogen and oxygen atoms in total. The molecule has 0 atom stereocenters. The highest BCUT2D eigenvalue weighted by atomic mass is 35.5. The van der Waals surface area contributed by atoms with Crippen molar-refractivity contribution in [3.8, 4) is 0 Å². The minimum Gasteiger partial charge on any atom is -0.351 e. The Morgan fingerprint density at radius 3 is 2.42 bits per heavy atom. The molecule has 2 N–H and O–H groups in total. The van der Waals surface area contributed by atoms with Crippen molar-refractivity contribution in [3.05, 3.63) is 29.0 Å². The molecule has 1 aromatic rings. The molecule has 0 radical (unpaired) electrons. The van der Waals surface area contributed by atoms with Gasteiger partial charge in [-0.25, -0.2) is 4.39 Å². The lowest BCUT2D eigenvalue weighted by Crippen LogP contribution is -2.41. The molecular weight excluding hydrogens is 271 g/mol. The third-order valence-corrected chi connectivity index (χ3v) is 2.33. The van der Waals surface area contributed by atoms with Gasteiger partial charge in [-0.1, -0.05) is 11.6 Å². The first-order valence-electron chi connectivity index (χ1n) is 5.73. The molecule has 104 valence electrons. The monoisotopic (exact) mass is 286 g/mol. The topological polar surface area (TPSA) is 58.2 Å². The van der Waals surface area contributed by atoms with Crippen LogP contribution in [0.5, 0.6) is 0 Å². The summed E-state index contributed by atoms with van der Waals surface area (Å²) >= 11 is 5.58. The van der Waals surface area contributed by atoms with E-state index in [0.717, 1.165) is 6.07 Å². The number of nitrogens with one attached hydrogen (secondary N) is 2. The van der Waals surface area contributed by atoms with Gasteiger partial charge in [0.1, 0.15) is 12.2 Å². The number of rotatable bonds is 3. The molecule has 19 heavy (non-hydrogen) atoms. The quantitative estimate of drug-likeness (QED) is 0.840. The predicted molar refractivity (Wildman–Crippen MR) is 72.6 cm³/mol. The molecular formula is C13H16ClFN2O2. The summed E-state index contributed by atoms with van der Waals surface area (Å²) in [5.41, 5.74) is -0.0451. The lowest BCUT2D eigenvalue weighted by molar-refractivity contribution is -0.127. The Kier molecular flexibility index (Phi) is 4.89. The van der Waals surface area contributed by atoms with Gasteiger partial charge in [0.2, 0.25) is 11.8 Å². The van der Waals surface area contributed by atoms with Crippen molar-refractivity contribution in [1.29, 1.82) is 0 Å². The van der Waals surface area contributed by atoms with E-state index >= 15 is 0 Å². The normalized spacial score (nSPS) is 11.0. The number of carbonyl (C=O) groups is 2. The van der Waals surface area contributed by atoms with Crippen molar-refractivity contribution in [3.63, 3.8) is 0 Å².